The molecule has 7 heteroatoms. The Morgan fingerprint density at radius 1 is 1.05 bits per heavy atom. The lowest BCUT2D eigenvalue weighted by Crippen LogP contribution is -2.39. The maximum atomic E-state index is 11.5. The molecule has 0 aliphatic rings. The van der Waals surface area contributed by atoms with Crippen LogP contribution in [0.3, 0.4) is 0 Å². The zero-order chi connectivity index (χ0) is 15.7. The summed E-state index contributed by atoms with van der Waals surface area (Å²) >= 11 is 0. The molecule has 7 nitrogen and oxygen atoms in total. The number of carboxylic acid groups (broad SMARTS) is 1. The quantitative estimate of drug-likeness (QED) is 0.623. The van der Waals surface area contributed by atoms with E-state index in [1.807, 2.05) is 24.3 Å². The molecule has 1 rings (SSSR count). The normalized spacial score (nSPS) is 9.76. The molecule has 0 fully saturated rings. The van der Waals surface area contributed by atoms with Crippen LogP contribution >= 0.6 is 0 Å². The van der Waals surface area contributed by atoms with Crippen LogP contribution in [0, 0.1) is 0 Å². The lowest BCUT2D eigenvalue weighted by atomic mass is 10.1. The number of nitrogens with one attached hydrogen (secondary N) is 2. The fraction of sp³-hybridized carbons (Fsp3) is 0.357. The first-order chi connectivity index (χ1) is 10.0. The highest BCUT2D eigenvalue weighted by atomic mass is 16.5. The van der Waals surface area contributed by atoms with Crippen molar-refractivity contribution in [3.8, 4) is 5.75 Å². The Morgan fingerprint density at radius 3 is 2.24 bits per heavy atom. The molecule has 0 saturated carbocycles. The fourth-order valence-corrected chi connectivity index (χ4v) is 1.55. The summed E-state index contributed by atoms with van der Waals surface area (Å²) in [5.74, 6) is -1.18. The van der Waals surface area contributed by atoms with Gasteiger partial charge < -0.3 is 20.5 Å². The van der Waals surface area contributed by atoms with Gasteiger partial charge in [0.15, 0.2) is 0 Å². The third kappa shape index (κ3) is 6.95. The molecule has 0 spiro atoms. The summed E-state index contributed by atoms with van der Waals surface area (Å²) in [6.07, 6.45) is 0.797. The molecule has 0 aliphatic carbocycles. The number of methoxy groups -OCH3 is 1. The largest absolute Gasteiger partial charge is 0.497 e. The molecule has 0 saturated heterocycles. The van der Waals surface area contributed by atoms with Crippen molar-refractivity contribution in [2.75, 3.05) is 20.2 Å². The number of carboxylic acids is 1. The minimum absolute atomic E-state index is 0.227. The van der Waals surface area contributed by atoms with Crippen LogP contribution in [0.4, 0.5) is 0 Å². The van der Waals surface area contributed by atoms with E-state index < -0.39 is 18.4 Å². The van der Waals surface area contributed by atoms with Crippen LogP contribution in [0.2, 0.25) is 0 Å². The average molecular weight is 294 g/mol. The highest BCUT2D eigenvalue weighted by Gasteiger charge is 2.07. The molecule has 0 unspecified atom stereocenters. The van der Waals surface area contributed by atoms with E-state index in [1.165, 1.54) is 0 Å². The van der Waals surface area contributed by atoms with E-state index >= 15 is 0 Å². The molecule has 1 aromatic rings. The van der Waals surface area contributed by atoms with Crippen LogP contribution < -0.4 is 15.4 Å². The lowest BCUT2D eigenvalue weighted by molar-refractivity contribution is -0.137. The van der Waals surface area contributed by atoms with Gasteiger partial charge >= 0.3 is 5.97 Å². The number of hydrogen-bond donors (Lipinski definition) is 3. The summed E-state index contributed by atoms with van der Waals surface area (Å²) in [4.78, 5) is 33.0. The summed E-state index contributed by atoms with van der Waals surface area (Å²) in [6, 6.07) is 7.36. The SMILES string of the molecule is COc1ccc(CCC(=O)NCC(=O)NCC(=O)O)cc1. The highest BCUT2D eigenvalue weighted by molar-refractivity contribution is 5.86. The van der Waals surface area contributed by atoms with Gasteiger partial charge in [-0.05, 0) is 24.1 Å². The summed E-state index contributed by atoms with van der Waals surface area (Å²) in [6.45, 7) is -0.685. The van der Waals surface area contributed by atoms with Crippen LogP contribution in [0.5, 0.6) is 5.75 Å². The Morgan fingerprint density at radius 2 is 1.67 bits per heavy atom. The van der Waals surface area contributed by atoms with Crippen molar-refractivity contribution in [2.45, 2.75) is 12.8 Å². The number of aliphatic carboxylic acids is 1. The van der Waals surface area contributed by atoms with Crippen LogP contribution in [0.1, 0.15) is 12.0 Å². The predicted molar refractivity (Wildman–Crippen MR) is 75.0 cm³/mol. The van der Waals surface area contributed by atoms with Gasteiger partial charge in [-0.3, -0.25) is 14.4 Å². The second kappa shape index (κ2) is 8.57. The number of hydrogen-bond acceptors (Lipinski definition) is 4. The third-order valence-electron chi connectivity index (χ3n) is 2.68. The van der Waals surface area contributed by atoms with Crippen molar-refractivity contribution in [1.82, 2.24) is 10.6 Å². The fourth-order valence-electron chi connectivity index (χ4n) is 1.55. The van der Waals surface area contributed by atoms with Gasteiger partial charge in [0.05, 0.1) is 13.7 Å². The van der Waals surface area contributed by atoms with E-state index in [2.05, 4.69) is 10.6 Å². The molecule has 3 N–H and O–H groups in total. The van der Waals surface area contributed by atoms with E-state index in [1.54, 1.807) is 7.11 Å². The van der Waals surface area contributed by atoms with Gasteiger partial charge in [-0.15, -0.1) is 0 Å². The van der Waals surface area contributed by atoms with E-state index in [0.717, 1.165) is 11.3 Å². The Hall–Kier alpha value is -2.57. The van der Waals surface area contributed by atoms with E-state index in [0.29, 0.717) is 6.42 Å². The monoisotopic (exact) mass is 294 g/mol. The second-order valence-electron chi connectivity index (χ2n) is 4.30. The number of aryl methyl sites for hydroxylation is 1. The predicted octanol–water partition coefficient (Wildman–Crippen LogP) is -0.0552. The van der Waals surface area contributed by atoms with Gasteiger partial charge in [-0.1, -0.05) is 12.1 Å². The number of carbonyl (C=O) groups excluding carboxylic acids is 2. The van der Waals surface area contributed by atoms with Gasteiger partial charge in [0.1, 0.15) is 12.3 Å². The smallest absolute Gasteiger partial charge is 0.322 e. The second-order valence-corrected chi connectivity index (χ2v) is 4.30. The molecule has 0 heterocycles. The highest BCUT2D eigenvalue weighted by Crippen LogP contribution is 2.12. The molecule has 0 atom stereocenters. The van der Waals surface area contributed by atoms with E-state index in [9.17, 15) is 14.4 Å². The molecule has 2 amide bonds. The molecular formula is C14H18N2O5. The summed E-state index contributed by atoms with van der Waals surface area (Å²) < 4.78 is 5.03. The maximum absolute atomic E-state index is 11.5. The van der Waals surface area contributed by atoms with Crippen molar-refractivity contribution in [2.24, 2.45) is 0 Å². The maximum Gasteiger partial charge on any atom is 0.322 e. The number of ether oxygens (including phenoxy) is 1. The molecule has 0 aromatic heterocycles. The summed E-state index contributed by atoms with van der Waals surface area (Å²) in [7, 11) is 1.58. The minimum atomic E-state index is -1.13. The standard InChI is InChI=1S/C14H18N2O5/c1-21-11-5-2-10(3-6-11)4-7-12(17)15-8-13(18)16-9-14(19)20/h2-3,5-6H,4,7-9H2,1H3,(H,15,17)(H,16,18)(H,19,20). The topological polar surface area (TPSA) is 105 Å². The summed E-state index contributed by atoms with van der Waals surface area (Å²) in [5.41, 5.74) is 0.987. The van der Waals surface area contributed by atoms with Crippen molar-refractivity contribution in [3.63, 3.8) is 0 Å². The Labute approximate surface area is 122 Å². The van der Waals surface area contributed by atoms with Crippen molar-refractivity contribution >= 4 is 17.8 Å². The third-order valence-corrected chi connectivity index (χ3v) is 2.68. The molecular weight excluding hydrogens is 276 g/mol. The zero-order valence-corrected chi connectivity index (χ0v) is 11.7. The van der Waals surface area contributed by atoms with Gasteiger partial charge in [0.2, 0.25) is 11.8 Å². The Bertz CT molecular complexity index is 499. The molecule has 1 aromatic carbocycles. The Balaban J connectivity index is 2.24. The average Bonchev–Trinajstić information content (AvgIpc) is 2.49. The molecule has 0 aliphatic heterocycles. The van der Waals surface area contributed by atoms with Gasteiger partial charge in [0.25, 0.3) is 0 Å². The lowest BCUT2D eigenvalue weighted by Gasteiger charge is -2.06. The van der Waals surface area contributed by atoms with Crippen LogP contribution in [0.25, 0.3) is 0 Å². The summed E-state index contributed by atoms with van der Waals surface area (Å²) in [5, 5.41) is 13.0. The van der Waals surface area contributed by atoms with Crippen molar-refractivity contribution in [3.05, 3.63) is 29.8 Å². The van der Waals surface area contributed by atoms with Crippen LogP contribution in [-0.2, 0) is 20.8 Å². The first-order valence-electron chi connectivity index (χ1n) is 6.39. The molecule has 21 heavy (non-hydrogen) atoms. The number of benzene rings is 1. The number of carbonyl (C=O) groups is 3. The molecule has 0 radical (unpaired) electrons. The van der Waals surface area contributed by atoms with Crippen molar-refractivity contribution < 1.29 is 24.2 Å². The first kappa shape index (κ1) is 16.5. The van der Waals surface area contributed by atoms with Gasteiger partial charge in [0, 0.05) is 6.42 Å². The number of rotatable bonds is 8. The van der Waals surface area contributed by atoms with Crippen LogP contribution in [0.15, 0.2) is 24.3 Å². The molecule has 0 bridgehead atoms. The Kier molecular flexibility index (Phi) is 6.73. The minimum Gasteiger partial charge on any atom is -0.497 e. The van der Waals surface area contributed by atoms with Crippen LogP contribution in [-0.4, -0.2) is 43.1 Å². The molecule has 114 valence electrons. The van der Waals surface area contributed by atoms with Gasteiger partial charge in [-0.2, -0.15) is 0 Å². The van der Waals surface area contributed by atoms with Gasteiger partial charge in [-0.25, -0.2) is 0 Å². The first-order valence-corrected chi connectivity index (χ1v) is 6.39. The number of amides is 2. The van der Waals surface area contributed by atoms with Crippen molar-refractivity contribution in [1.29, 1.82) is 0 Å². The van der Waals surface area contributed by atoms with E-state index in [4.69, 9.17) is 9.84 Å². The zero-order valence-electron chi connectivity index (χ0n) is 11.7. The van der Waals surface area contributed by atoms with E-state index in [-0.39, 0.29) is 18.9 Å².